The van der Waals surface area contributed by atoms with Crippen LogP contribution in [0.2, 0.25) is 0 Å². The second kappa shape index (κ2) is 3.38. The van der Waals surface area contributed by atoms with Gasteiger partial charge in [-0.05, 0) is 36.8 Å². The van der Waals surface area contributed by atoms with Gasteiger partial charge in [0.1, 0.15) is 5.76 Å². The molecule has 1 N–H and O–H groups in total. The zero-order chi connectivity index (χ0) is 10.3. The largest absolute Gasteiger partial charge is 0.467 e. The van der Waals surface area contributed by atoms with Crippen molar-refractivity contribution >= 4 is 0 Å². The highest BCUT2D eigenvalue weighted by atomic mass is 16.3. The normalized spacial score (nSPS) is 35.4. The first-order valence-corrected chi connectivity index (χ1v) is 6.12. The molecule has 2 nitrogen and oxygen atoms in total. The summed E-state index contributed by atoms with van der Waals surface area (Å²) in [6.07, 6.45) is 8.18. The summed E-state index contributed by atoms with van der Waals surface area (Å²) in [5.41, 5.74) is 1.61. The average molecular weight is 205 g/mol. The highest BCUT2D eigenvalue weighted by Gasteiger charge is 2.41. The van der Waals surface area contributed by atoms with Crippen LogP contribution in [-0.4, -0.2) is 6.54 Å². The number of hydrogen-bond donors (Lipinski definition) is 1. The topological polar surface area (TPSA) is 25.2 Å². The van der Waals surface area contributed by atoms with Gasteiger partial charge in [-0.25, -0.2) is 0 Å². The molecule has 0 aromatic carbocycles. The Labute approximate surface area is 91.0 Å². The van der Waals surface area contributed by atoms with Crippen molar-refractivity contribution in [2.24, 2.45) is 5.92 Å². The molecule has 2 heterocycles. The molecule has 15 heavy (non-hydrogen) atoms. The predicted octanol–water partition coefficient (Wildman–Crippen LogP) is 2.83. The van der Waals surface area contributed by atoms with Gasteiger partial charge in [0.2, 0.25) is 0 Å². The van der Waals surface area contributed by atoms with Gasteiger partial charge in [-0.3, -0.25) is 0 Å². The van der Waals surface area contributed by atoms with Crippen molar-refractivity contribution in [2.45, 2.75) is 44.6 Å². The Kier molecular flexibility index (Phi) is 2.13. The SMILES string of the molecule is CC1CCCC2(C1)NCCc1ccoc12. The minimum absolute atomic E-state index is 0.175. The summed E-state index contributed by atoms with van der Waals surface area (Å²) < 4.78 is 5.74. The molecule has 82 valence electrons. The minimum atomic E-state index is 0.175. The third-order valence-electron chi connectivity index (χ3n) is 4.04. The fraction of sp³-hybridized carbons (Fsp3) is 0.692. The van der Waals surface area contributed by atoms with E-state index in [0.29, 0.717) is 0 Å². The zero-order valence-electron chi connectivity index (χ0n) is 9.38. The molecule has 0 bridgehead atoms. The lowest BCUT2D eigenvalue weighted by Gasteiger charge is -2.42. The summed E-state index contributed by atoms with van der Waals surface area (Å²) >= 11 is 0. The van der Waals surface area contributed by atoms with E-state index in [9.17, 15) is 0 Å². The smallest absolute Gasteiger partial charge is 0.127 e. The molecule has 1 aromatic heterocycles. The number of furan rings is 1. The third-order valence-corrected chi connectivity index (χ3v) is 4.04. The van der Waals surface area contributed by atoms with E-state index in [1.807, 2.05) is 6.26 Å². The van der Waals surface area contributed by atoms with Crippen LogP contribution in [0.3, 0.4) is 0 Å². The Balaban J connectivity index is 1.99. The van der Waals surface area contributed by atoms with Gasteiger partial charge in [-0.2, -0.15) is 0 Å². The molecule has 0 radical (unpaired) electrons. The predicted molar refractivity (Wildman–Crippen MR) is 59.7 cm³/mol. The van der Waals surface area contributed by atoms with Gasteiger partial charge >= 0.3 is 0 Å². The molecule has 1 fully saturated rings. The molecule has 0 amide bonds. The van der Waals surface area contributed by atoms with Crippen molar-refractivity contribution in [3.63, 3.8) is 0 Å². The monoisotopic (exact) mass is 205 g/mol. The van der Waals surface area contributed by atoms with Gasteiger partial charge in [-0.1, -0.05) is 19.8 Å². The van der Waals surface area contributed by atoms with Crippen molar-refractivity contribution in [1.82, 2.24) is 5.32 Å². The number of nitrogens with one attached hydrogen (secondary N) is 1. The van der Waals surface area contributed by atoms with Crippen LogP contribution in [0.4, 0.5) is 0 Å². The number of rotatable bonds is 0. The van der Waals surface area contributed by atoms with Gasteiger partial charge in [0.15, 0.2) is 0 Å². The standard InChI is InChI=1S/C13H19NO/c1-10-3-2-6-13(9-10)12-11(4-7-14-13)5-8-15-12/h5,8,10,14H,2-4,6-7,9H2,1H3. The maximum atomic E-state index is 5.74. The van der Waals surface area contributed by atoms with Gasteiger partial charge in [0.25, 0.3) is 0 Å². The fourth-order valence-electron chi connectivity index (χ4n) is 3.39. The summed E-state index contributed by atoms with van der Waals surface area (Å²) in [6, 6.07) is 2.15. The molecular weight excluding hydrogens is 186 g/mol. The molecule has 0 saturated heterocycles. The number of fused-ring (bicyclic) bond motifs is 2. The maximum Gasteiger partial charge on any atom is 0.127 e. The van der Waals surface area contributed by atoms with Crippen LogP contribution in [-0.2, 0) is 12.0 Å². The van der Waals surface area contributed by atoms with E-state index in [1.54, 1.807) is 0 Å². The average Bonchev–Trinajstić information content (AvgIpc) is 2.67. The molecular formula is C13H19NO. The second-order valence-electron chi connectivity index (χ2n) is 5.24. The van der Waals surface area contributed by atoms with Gasteiger partial charge in [-0.15, -0.1) is 0 Å². The highest BCUT2D eigenvalue weighted by Crippen LogP contribution is 2.43. The quantitative estimate of drug-likeness (QED) is 0.704. The van der Waals surface area contributed by atoms with E-state index in [-0.39, 0.29) is 5.54 Å². The number of hydrogen-bond acceptors (Lipinski definition) is 2. The molecule has 1 aliphatic heterocycles. The van der Waals surface area contributed by atoms with Crippen LogP contribution in [0, 0.1) is 5.92 Å². The van der Waals surface area contributed by atoms with Crippen LogP contribution in [0.25, 0.3) is 0 Å². The Hall–Kier alpha value is -0.760. The van der Waals surface area contributed by atoms with Crippen molar-refractivity contribution in [2.75, 3.05) is 6.54 Å². The molecule has 2 unspecified atom stereocenters. The lowest BCUT2D eigenvalue weighted by molar-refractivity contribution is 0.148. The molecule has 1 spiro atoms. The van der Waals surface area contributed by atoms with Crippen molar-refractivity contribution in [1.29, 1.82) is 0 Å². The summed E-state index contributed by atoms with van der Waals surface area (Å²) in [5, 5.41) is 3.71. The lowest BCUT2D eigenvalue weighted by atomic mass is 9.72. The van der Waals surface area contributed by atoms with Crippen LogP contribution in [0.5, 0.6) is 0 Å². The van der Waals surface area contributed by atoms with E-state index in [2.05, 4.69) is 18.3 Å². The molecule has 1 aliphatic carbocycles. The van der Waals surface area contributed by atoms with Crippen molar-refractivity contribution in [3.05, 3.63) is 23.7 Å². The maximum absolute atomic E-state index is 5.74. The fourth-order valence-corrected chi connectivity index (χ4v) is 3.39. The van der Waals surface area contributed by atoms with E-state index >= 15 is 0 Å². The Morgan fingerprint density at radius 3 is 3.33 bits per heavy atom. The zero-order valence-corrected chi connectivity index (χ0v) is 9.38. The minimum Gasteiger partial charge on any atom is -0.467 e. The van der Waals surface area contributed by atoms with Crippen LogP contribution in [0.15, 0.2) is 16.7 Å². The van der Waals surface area contributed by atoms with Crippen molar-refractivity contribution in [3.8, 4) is 0 Å². The first-order valence-electron chi connectivity index (χ1n) is 6.12. The van der Waals surface area contributed by atoms with Gasteiger partial charge in [0, 0.05) is 6.54 Å². The van der Waals surface area contributed by atoms with E-state index < -0.39 is 0 Å². The first-order chi connectivity index (χ1) is 7.30. The van der Waals surface area contributed by atoms with Crippen LogP contribution in [0.1, 0.15) is 43.9 Å². The summed E-state index contributed by atoms with van der Waals surface area (Å²) in [7, 11) is 0. The summed E-state index contributed by atoms with van der Waals surface area (Å²) in [4.78, 5) is 0. The summed E-state index contributed by atoms with van der Waals surface area (Å²) in [5.74, 6) is 2.06. The highest BCUT2D eigenvalue weighted by molar-refractivity contribution is 5.28. The Morgan fingerprint density at radius 2 is 2.47 bits per heavy atom. The van der Waals surface area contributed by atoms with Gasteiger partial charge < -0.3 is 9.73 Å². The van der Waals surface area contributed by atoms with E-state index in [1.165, 1.54) is 37.0 Å². The third kappa shape index (κ3) is 1.43. The molecule has 1 aromatic rings. The molecule has 1 saturated carbocycles. The van der Waals surface area contributed by atoms with E-state index in [0.717, 1.165) is 18.9 Å². The van der Waals surface area contributed by atoms with Crippen LogP contribution < -0.4 is 5.32 Å². The van der Waals surface area contributed by atoms with Crippen molar-refractivity contribution < 1.29 is 4.42 Å². The molecule has 2 heteroatoms. The molecule has 3 rings (SSSR count). The molecule has 2 atom stereocenters. The Morgan fingerprint density at radius 1 is 1.53 bits per heavy atom. The first kappa shape index (κ1) is 9.46. The summed E-state index contributed by atoms with van der Waals surface area (Å²) in [6.45, 7) is 3.47. The second-order valence-corrected chi connectivity index (χ2v) is 5.24. The molecule has 2 aliphatic rings. The lowest BCUT2D eigenvalue weighted by Crippen LogP contribution is -2.49. The van der Waals surface area contributed by atoms with Gasteiger partial charge in [0.05, 0.1) is 11.8 Å². The Bertz CT molecular complexity index is 357. The van der Waals surface area contributed by atoms with E-state index in [4.69, 9.17) is 4.42 Å². The van der Waals surface area contributed by atoms with Crippen LogP contribution >= 0.6 is 0 Å².